The molecule has 6 heteroatoms. The number of fused-ring (bicyclic) bond motifs is 11. The fourth-order valence-electron chi connectivity index (χ4n) is 16.4. The van der Waals surface area contributed by atoms with Crippen molar-refractivity contribution < 1.29 is 13.3 Å². The van der Waals surface area contributed by atoms with E-state index in [1.54, 1.807) is 0 Å². The molecule has 0 atom stereocenters. The molecular formula is C110H75N3O3. The van der Waals surface area contributed by atoms with Crippen molar-refractivity contribution in [3.05, 3.63) is 455 Å². The normalized spacial score (nSPS) is 11.3. The Labute approximate surface area is 672 Å². The largest absolute Gasteiger partial charge is 0.455 e. The average molecular weight is 1490 g/mol. The third-order valence-electron chi connectivity index (χ3n) is 22.0. The maximum absolute atomic E-state index is 6.34. The summed E-state index contributed by atoms with van der Waals surface area (Å²) in [6.07, 6.45) is 0. The SMILES string of the molecule is c1ccc(-c2ccc(N(c3ccc(-c4ccccc4)cc3)c3ccc(-c4cccc5c4oc4ccccc45)cc3)cc2)cc1.c1ccc(N(c2ccc(-c3cccc4c3oc3ccccc34)cc2)c2ccc3ccccc3c2)cc1.c1ccc(N(c2ccc(-c3cccc4c3oc3ccccc34)cc2)c2cccc3ccccc23)cc1. The quantitative estimate of drug-likeness (QED) is 0.108. The minimum Gasteiger partial charge on any atom is -0.455 e. The van der Waals surface area contributed by atoms with E-state index in [9.17, 15) is 0 Å². The zero-order chi connectivity index (χ0) is 77.1. The molecule has 0 radical (unpaired) electrons. The van der Waals surface area contributed by atoms with Crippen LogP contribution in [0.4, 0.5) is 51.2 Å². The van der Waals surface area contributed by atoms with Gasteiger partial charge in [0.15, 0.2) is 0 Å². The third kappa shape index (κ3) is 13.6. The van der Waals surface area contributed by atoms with Crippen molar-refractivity contribution in [1.29, 1.82) is 0 Å². The molecule has 0 N–H and O–H groups in total. The summed E-state index contributed by atoms with van der Waals surface area (Å²) in [6.45, 7) is 0. The van der Waals surface area contributed by atoms with Crippen molar-refractivity contribution in [3.8, 4) is 55.6 Å². The molecule has 0 spiro atoms. The van der Waals surface area contributed by atoms with E-state index in [0.717, 1.165) is 150 Å². The molecule has 0 unspecified atom stereocenters. The smallest absolute Gasteiger partial charge is 0.143 e. The molecule has 0 saturated carbocycles. The molecule has 22 aromatic rings. The van der Waals surface area contributed by atoms with E-state index in [4.69, 9.17) is 13.3 Å². The molecule has 0 aliphatic rings. The van der Waals surface area contributed by atoms with Crippen molar-refractivity contribution >= 4 is 139 Å². The van der Waals surface area contributed by atoms with E-state index >= 15 is 0 Å². The number of para-hydroxylation sites is 8. The van der Waals surface area contributed by atoms with Gasteiger partial charge in [0.1, 0.15) is 33.5 Å². The van der Waals surface area contributed by atoms with E-state index < -0.39 is 0 Å². The summed E-state index contributed by atoms with van der Waals surface area (Å²) in [6, 6.07) is 160. The Balaban J connectivity index is 0.000000113. The van der Waals surface area contributed by atoms with Gasteiger partial charge in [-0.25, -0.2) is 0 Å². The summed E-state index contributed by atoms with van der Waals surface area (Å²) in [5.41, 5.74) is 27.1. The van der Waals surface area contributed by atoms with Crippen LogP contribution in [0.5, 0.6) is 0 Å². The number of nitrogens with zero attached hydrogens (tertiary/aromatic N) is 3. The lowest BCUT2D eigenvalue weighted by Crippen LogP contribution is -2.10. The minimum atomic E-state index is 0.913. The van der Waals surface area contributed by atoms with E-state index in [2.05, 4.69) is 433 Å². The van der Waals surface area contributed by atoms with Crippen LogP contribution >= 0.6 is 0 Å². The van der Waals surface area contributed by atoms with Gasteiger partial charge in [-0.1, -0.05) is 334 Å². The Morgan fingerprint density at radius 2 is 0.414 bits per heavy atom. The molecule has 0 amide bonds. The van der Waals surface area contributed by atoms with Crippen molar-refractivity contribution in [2.45, 2.75) is 0 Å². The second-order valence-corrected chi connectivity index (χ2v) is 29.0. The number of hydrogen-bond donors (Lipinski definition) is 0. The fourth-order valence-corrected chi connectivity index (χ4v) is 16.4. The molecule has 0 saturated heterocycles. The summed E-state index contributed by atoms with van der Waals surface area (Å²) in [4.78, 5) is 6.95. The van der Waals surface area contributed by atoms with Gasteiger partial charge in [-0.2, -0.15) is 0 Å². The van der Waals surface area contributed by atoms with Crippen LogP contribution in [0.3, 0.4) is 0 Å². The zero-order valence-corrected chi connectivity index (χ0v) is 63.4. The fraction of sp³-hybridized carbons (Fsp3) is 0. The lowest BCUT2D eigenvalue weighted by molar-refractivity contribution is 0.669. The van der Waals surface area contributed by atoms with Crippen LogP contribution in [0.15, 0.2) is 468 Å². The summed E-state index contributed by atoms with van der Waals surface area (Å²) < 4.78 is 18.9. The van der Waals surface area contributed by atoms with Gasteiger partial charge >= 0.3 is 0 Å². The van der Waals surface area contributed by atoms with Crippen molar-refractivity contribution in [2.75, 3.05) is 14.7 Å². The van der Waals surface area contributed by atoms with Gasteiger partial charge in [0.05, 0.1) is 5.69 Å². The first-order valence-corrected chi connectivity index (χ1v) is 39.3. The Bertz CT molecular complexity index is 7130. The highest BCUT2D eigenvalue weighted by Gasteiger charge is 2.21. The van der Waals surface area contributed by atoms with E-state index in [1.807, 2.05) is 36.4 Å². The number of rotatable bonds is 14. The second-order valence-electron chi connectivity index (χ2n) is 29.0. The van der Waals surface area contributed by atoms with Gasteiger partial charge < -0.3 is 28.0 Å². The molecule has 548 valence electrons. The Kier molecular flexibility index (Phi) is 18.6. The summed E-state index contributed by atoms with van der Waals surface area (Å²) in [5.74, 6) is 0. The van der Waals surface area contributed by atoms with Crippen LogP contribution in [0.25, 0.3) is 143 Å². The highest BCUT2D eigenvalue weighted by molar-refractivity contribution is 6.12. The molecule has 116 heavy (non-hydrogen) atoms. The van der Waals surface area contributed by atoms with Crippen molar-refractivity contribution in [1.82, 2.24) is 0 Å². The van der Waals surface area contributed by atoms with Gasteiger partial charge in [0.25, 0.3) is 0 Å². The molecule has 0 fully saturated rings. The van der Waals surface area contributed by atoms with Crippen LogP contribution < -0.4 is 14.7 Å². The molecule has 0 bridgehead atoms. The minimum absolute atomic E-state index is 0.913. The first-order valence-electron chi connectivity index (χ1n) is 39.3. The van der Waals surface area contributed by atoms with Crippen LogP contribution in [-0.4, -0.2) is 0 Å². The van der Waals surface area contributed by atoms with Gasteiger partial charge in [-0.3, -0.25) is 0 Å². The van der Waals surface area contributed by atoms with Gasteiger partial charge in [-0.05, 0) is 176 Å². The highest BCUT2D eigenvalue weighted by atomic mass is 16.3. The van der Waals surface area contributed by atoms with E-state index in [0.29, 0.717) is 0 Å². The summed E-state index contributed by atoms with van der Waals surface area (Å²) in [7, 11) is 0. The first-order chi connectivity index (χ1) is 57.5. The molecule has 0 aliphatic heterocycles. The van der Waals surface area contributed by atoms with E-state index in [-0.39, 0.29) is 0 Å². The van der Waals surface area contributed by atoms with Crippen LogP contribution in [0.1, 0.15) is 0 Å². The predicted octanol–water partition coefficient (Wildman–Crippen LogP) is 31.8. The van der Waals surface area contributed by atoms with Crippen LogP contribution in [-0.2, 0) is 0 Å². The number of furan rings is 3. The molecule has 6 nitrogen and oxygen atoms in total. The lowest BCUT2D eigenvalue weighted by Gasteiger charge is -2.27. The average Bonchev–Trinajstić information content (AvgIpc) is 1.45. The topological polar surface area (TPSA) is 49.1 Å². The standard InChI is InChI=1S/C42H29NO.2C34H23NO/c1-3-10-30(11-4-1)32-18-24-35(25-19-32)43(36-26-20-33(21-27-36)31-12-5-2-6-13-31)37-28-22-34(23-29-37)38-15-9-16-40-39-14-7-8-17-41(39)44-42(38)40;1-2-12-26(13-3-1)35(32-18-8-11-24-10-4-5-14-28(24)32)27-22-20-25(21-23-27)29-16-9-17-31-30-15-6-7-19-33(30)36-34(29)31;1-2-11-27(12-3-1)35(29-22-17-24-9-4-5-10-26(24)23-29)28-20-18-25(19-21-28)30-14-8-15-32-31-13-6-7-16-33(31)36-34(30)32/h1-29H;2*1-23H. The Morgan fingerprint density at radius 1 is 0.147 bits per heavy atom. The van der Waals surface area contributed by atoms with Gasteiger partial charge in [-0.15, -0.1) is 0 Å². The molecule has 3 heterocycles. The van der Waals surface area contributed by atoms with Gasteiger partial charge in [0.2, 0.25) is 0 Å². The maximum atomic E-state index is 6.34. The molecule has 3 aromatic heterocycles. The highest BCUT2D eigenvalue weighted by Crippen LogP contribution is 2.46. The zero-order valence-electron chi connectivity index (χ0n) is 63.4. The number of benzene rings is 19. The van der Waals surface area contributed by atoms with Crippen LogP contribution in [0.2, 0.25) is 0 Å². The van der Waals surface area contributed by atoms with Crippen molar-refractivity contribution in [3.63, 3.8) is 0 Å². The third-order valence-corrected chi connectivity index (χ3v) is 22.0. The predicted molar refractivity (Wildman–Crippen MR) is 487 cm³/mol. The summed E-state index contributed by atoms with van der Waals surface area (Å²) in [5, 5.41) is 11.8. The molecular weight excluding hydrogens is 1410 g/mol. The van der Waals surface area contributed by atoms with Gasteiger partial charge in [0, 0.05) is 99.9 Å². The van der Waals surface area contributed by atoms with E-state index in [1.165, 1.54) is 43.8 Å². The molecule has 19 aromatic carbocycles. The van der Waals surface area contributed by atoms with Crippen LogP contribution in [0, 0.1) is 0 Å². The number of hydrogen-bond acceptors (Lipinski definition) is 6. The Morgan fingerprint density at radius 3 is 0.828 bits per heavy atom. The molecule has 0 aliphatic carbocycles. The first kappa shape index (κ1) is 69.7. The maximum Gasteiger partial charge on any atom is 0.143 e. The summed E-state index contributed by atoms with van der Waals surface area (Å²) >= 11 is 0. The van der Waals surface area contributed by atoms with Crippen molar-refractivity contribution in [2.24, 2.45) is 0 Å². The molecule has 22 rings (SSSR count). The lowest BCUT2D eigenvalue weighted by atomic mass is 10.0. The monoisotopic (exact) mass is 1490 g/mol. The number of anilines is 9. The Hall–Kier alpha value is -15.5. The second kappa shape index (κ2) is 31.0.